The summed E-state index contributed by atoms with van der Waals surface area (Å²) < 4.78 is 38.6. The van der Waals surface area contributed by atoms with Gasteiger partial charge in [-0.3, -0.25) is 0 Å². The second kappa shape index (κ2) is 5.26. The smallest absolute Gasteiger partial charge is 0.280 e. The lowest BCUT2D eigenvalue weighted by atomic mass is 10.2. The molecule has 3 nitrogen and oxygen atoms in total. The van der Waals surface area contributed by atoms with E-state index in [2.05, 4.69) is 15.3 Å². The molecule has 0 bridgehead atoms. The van der Waals surface area contributed by atoms with E-state index in [1.807, 2.05) is 0 Å². The zero-order valence-corrected chi connectivity index (χ0v) is 10.4. The molecule has 6 heteroatoms. The molecule has 19 heavy (non-hydrogen) atoms. The van der Waals surface area contributed by atoms with E-state index in [1.165, 1.54) is 13.0 Å². The summed E-state index contributed by atoms with van der Waals surface area (Å²) >= 11 is 0. The molecule has 0 spiro atoms. The first kappa shape index (κ1) is 13.3. The molecule has 100 valence electrons. The van der Waals surface area contributed by atoms with Gasteiger partial charge in [0.2, 0.25) is 0 Å². The van der Waals surface area contributed by atoms with E-state index in [-0.39, 0.29) is 23.2 Å². The summed E-state index contributed by atoms with van der Waals surface area (Å²) in [5.41, 5.74) is 0.599. The van der Waals surface area contributed by atoms with Gasteiger partial charge in [-0.2, -0.15) is 0 Å². The molecule has 0 amide bonds. The molecule has 0 atom stereocenters. The molecule has 1 aromatic heterocycles. The van der Waals surface area contributed by atoms with Gasteiger partial charge in [0.1, 0.15) is 23.2 Å². The SMILES string of the molecule is Cc1nc(Nc2ccc(C)c(F)c2)cc(C(F)F)n1. The van der Waals surface area contributed by atoms with Crippen LogP contribution in [-0.2, 0) is 0 Å². The molecule has 1 aromatic carbocycles. The molecule has 0 aliphatic heterocycles. The maximum atomic E-state index is 13.4. The van der Waals surface area contributed by atoms with Crippen LogP contribution in [-0.4, -0.2) is 9.97 Å². The van der Waals surface area contributed by atoms with Crippen LogP contribution in [0.3, 0.4) is 0 Å². The molecule has 0 radical (unpaired) electrons. The van der Waals surface area contributed by atoms with Crippen LogP contribution >= 0.6 is 0 Å². The summed E-state index contributed by atoms with van der Waals surface area (Å²) in [5.74, 6) is 0.0730. The predicted octanol–water partition coefficient (Wildman–Crippen LogP) is 3.91. The molecule has 2 rings (SSSR count). The van der Waals surface area contributed by atoms with Crippen LogP contribution < -0.4 is 5.32 Å². The quantitative estimate of drug-likeness (QED) is 0.916. The maximum absolute atomic E-state index is 13.4. The number of alkyl halides is 2. The van der Waals surface area contributed by atoms with Crippen LogP contribution in [0, 0.1) is 19.7 Å². The van der Waals surface area contributed by atoms with E-state index >= 15 is 0 Å². The number of aromatic nitrogens is 2. The van der Waals surface area contributed by atoms with Crippen LogP contribution in [0.2, 0.25) is 0 Å². The van der Waals surface area contributed by atoms with Gasteiger partial charge in [-0.25, -0.2) is 23.1 Å². The summed E-state index contributed by atoms with van der Waals surface area (Å²) in [5, 5.41) is 2.78. The Morgan fingerprint density at radius 2 is 1.84 bits per heavy atom. The van der Waals surface area contributed by atoms with Crippen molar-refractivity contribution in [1.82, 2.24) is 9.97 Å². The molecule has 0 aliphatic rings. The summed E-state index contributed by atoms with van der Waals surface area (Å²) in [6.07, 6.45) is -2.67. The minimum Gasteiger partial charge on any atom is -0.340 e. The topological polar surface area (TPSA) is 37.8 Å². The zero-order chi connectivity index (χ0) is 14.0. The minimum atomic E-state index is -2.67. The van der Waals surface area contributed by atoms with Gasteiger partial charge in [-0.15, -0.1) is 0 Å². The Hall–Kier alpha value is -2.11. The second-order valence-electron chi connectivity index (χ2n) is 4.11. The van der Waals surface area contributed by atoms with E-state index in [1.54, 1.807) is 19.1 Å². The van der Waals surface area contributed by atoms with Crippen molar-refractivity contribution in [2.45, 2.75) is 20.3 Å². The number of benzene rings is 1. The van der Waals surface area contributed by atoms with Gasteiger partial charge >= 0.3 is 0 Å². The van der Waals surface area contributed by atoms with Gasteiger partial charge in [-0.05, 0) is 31.5 Å². The first-order chi connectivity index (χ1) is 8.95. The van der Waals surface area contributed by atoms with E-state index < -0.39 is 6.43 Å². The Labute approximate surface area is 108 Å². The third kappa shape index (κ3) is 3.21. The molecule has 0 aliphatic carbocycles. The summed E-state index contributed by atoms with van der Waals surface area (Å²) in [6, 6.07) is 5.68. The minimum absolute atomic E-state index is 0.214. The van der Waals surface area contributed by atoms with Gasteiger partial charge < -0.3 is 5.32 Å². The Balaban J connectivity index is 2.29. The average Bonchev–Trinajstić information content (AvgIpc) is 2.33. The van der Waals surface area contributed by atoms with Crippen molar-refractivity contribution in [2.75, 3.05) is 5.32 Å². The monoisotopic (exact) mass is 267 g/mol. The lowest BCUT2D eigenvalue weighted by Gasteiger charge is -2.09. The van der Waals surface area contributed by atoms with Crippen LogP contribution in [0.4, 0.5) is 24.7 Å². The van der Waals surface area contributed by atoms with Gasteiger partial charge in [0.25, 0.3) is 6.43 Å². The van der Waals surface area contributed by atoms with Crippen molar-refractivity contribution in [3.8, 4) is 0 Å². The number of hydrogen-bond acceptors (Lipinski definition) is 3. The Kier molecular flexibility index (Phi) is 3.69. The van der Waals surface area contributed by atoms with Crippen molar-refractivity contribution in [1.29, 1.82) is 0 Å². The van der Waals surface area contributed by atoms with Gasteiger partial charge in [0.05, 0.1) is 0 Å². The van der Waals surface area contributed by atoms with E-state index in [9.17, 15) is 13.2 Å². The van der Waals surface area contributed by atoms with Gasteiger partial charge in [0, 0.05) is 11.8 Å². The van der Waals surface area contributed by atoms with Crippen molar-refractivity contribution in [3.05, 3.63) is 47.2 Å². The molecule has 0 saturated heterocycles. The third-order valence-electron chi connectivity index (χ3n) is 2.53. The largest absolute Gasteiger partial charge is 0.340 e. The van der Waals surface area contributed by atoms with Gasteiger partial charge in [0.15, 0.2) is 0 Å². The van der Waals surface area contributed by atoms with E-state index in [0.29, 0.717) is 11.3 Å². The zero-order valence-electron chi connectivity index (χ0n) is 10.4. The lowest BCUT2D eigenvalue weighted by Crippen LogP contribution is -2.01. The molecular formula is C13H12F3N3. The number of nitrogens with zero attached hydrogens (tertiary/aromatic N) is 2. The van der Waals surface area contributed by atoms with Crippen molar-refractivity contribution in [2.24, 2.45) is 0 Å². The Bertz CT molecular complexity index is 600. The first-order valence-corrected chi connectivity index (χ1v) is 5.62. The average molecular weight is 267 g/mol. The molecule has 1 heterocycles. The highest BCUT2D eigenvalue weighted by atomic mass is 19.3. The first-order valence-electron chi connectivity index (χ1n) is 5.62. The number of aryl methyl sites for hydroxylation is 2. The van der Waals surface area contributed by atoms with Crippen LogP contribution in [0.5, 0.6) is 0 Å². The number of nitrogens with one attached hydrogen (secondary N) is 1. The van der Waals surface area contributed by atoms with E-state index in [4.69, 9.17) is 0 Å². The molecule has 0 saturated carbocycles. The van der Waals surface area contributed by atoms with Crippen LogP contribution in [0.1, 0.15) is 23.5 Å². The molecule has 0 fully saturated rings. The molecule has 1 N–H and O–H groups in total. The molecule has 2 aromatic rings. The summed E-state index contributed by atoms with van der Waals surface area (Å²) in [6.45, 7) is 3.16. The molecular weight excluding hydrogens is 255 g/mol. The Morgan fingerprint density at radius 1 is 1.11 bits per heavy atom. The lowest BCUT2D eigenvalue weighted by molar-refractivity contribution is 0.145. The highest BCUT2D eigenvalue weighted by molar-refractivity contribution is 5.57. The Morgan fingerprint density at radius 3 is 2.47 bits per heavy atom. The summed E-state index contributed by atoms with van der Waals surface area (Å²) in [4.78, 5) is 7.62. The summed E-state index contributed by atoms with van der Waals surface area (Å²) in [7, 11) is 0. The fourth-order valence-corrected chi connectivity index (χ4v) is 1.59. The standard InChI is InChI=1S/C13H12F3N3/c1-7-3-4-9(5-10(7)14)19-12-6-11(13(15)16)17-8(2)18-12/h3-6,13H,1-2H3,(H,17,18,19). The van der Waals surface area contributed by atoms with Gasteiger partial charge in [-0.1, -0.05) is 6.07 Å². The normalized spacial score (nSPS) is 10.8. The van der Waals surface area contributed by atoms with E-state index in [0.717, 1.165) is 6.07 Å². The van der Waals surface area contributed by atoms with Crippen molar-refractivity contribution >= 4 is 11.5 Å². The predicted molar refractivity (Wildman–Crippen MR) is 66.1 cm³/mol. The second-order valence-corrected chi connectivity index (χ2v) is 4.11. The van der Waals surface area contributed by atoms with Crippen molar-refractivity contribution < 1.29 is 13.2 Å². The van der Waals surface area contributed by atoms with Crippen molar-refractivity contribution in [3.63, 3.8) is 0 Å². The number of hydrogen-bond donors (Lipinski definition) is 1. The number of halogens is 3. The van der Waals surface area contributed by atoms with Crippen LogP contribution in [0.15, 0.2) is 24.3 Å². The fourth-order valence-electron chi connectivity index (χ4n) is 1.59. The highest BCUT2D eigenvalue weighted by Gasteiger charge is 2.11. The number of rotatable bonds is 3. The highest BCUT2D eigenvalue weighted by Crippen LogP contribution is 2.22. The fraction of sp³-hybridized carbons (Fsp3) is 0.231. The number of anilines is 2. The molecule has 0 unspecified atom stereocenters. The van der Waals surface area contributed by atoms with Crippen LogP contribution in [0.25, 0.3) is 0 Å². The maximum Gasteiger partial charge on any atom is 0.280 e. The third-order valence-corrected chi connectivity index (χ3v) is 2.53.